The Morgan fingerprint density at radius 1 is 0.927 bits per heavy atom. The summed E-state index contributed by atoms with van der Waals surface area (Å²) in [6.45, 7) is 6.75. The Morgan fingerprint density at radius 3 is 2.15 bits per heavy atom. The first-order valence-electron chi connectivity index (χ1n) is 13.0. The Balaban J connectivity index is 2.08. The van der Waals surface area contributed by atoms with E-state index in [1.165, 1.54) is 49.5 Å². The number of hydrogen-bond donors (Lipinski definition) is 1. The molecule has 3 aromatic carbocycles. The van der Waals surface area contributed by atoms with Crippen LogP contribution >= 0.6 is 11.6 Å². The van der Waals surface area contributed by atoms with Crippen molar-refractivity contribution in [1.29, 1.82) is 0 Å². The van der Waals surface area contributed by atoms with Crippen LogP contribution in [-0.2, 0) is 26.2 Å². The fourth-order valence-electron chi connectivity index (χ4n) is 4.20. The lowest BCUT2D eigenvalue weighted by Gasteiger charge is -2.32. The number of ether oxygens (including phenoxy) is 2. The largest absolute Gasteiger partial charge is 0.493 e. The molecule has 0 heterocycles. The molecule has 0 spiro atoms. The number of halogens is 1. The second-order valence-electron chi connectivity index (χ2n) is 9.79. The minimum absolute atomic E-state index is 0.103. The van der Waals surface area contributed by atoms with Crippen molar-refractivity contribution in [2.75, 3.05) is 25.1 Å². The average molecular weight is 602 g/mol. The summed E-state index contributed by atoms with van der Waals surface area (Å²) in [5.74, 6) is -0.326. The number of nitrogens with one attached hydrogen (secondary N) is 1. The molecular formula is C30H36ClN3O6S. The monoisotopic (exact) mass is 601 g/mol. The lowest BCUT2D eigenvalue weighted by atomic mass is 10.1. The number of methoxy groups -OCH3 is 2. The predicted molar refractivity (Wildman–Crippen MR) is 160 cm³/mol. The summed E-state index contributed by atoms with van der Waals surface area (Å²) < 4.78 is 39.7. The van der Waals surface area contributed by atoms with Crippen LogP contribution in [0.2, 0.25) is 5.02 Å². The maximum atomic E-state index is 14.1. The zero-order chi connectivity index (χ0) is 30.3. The second-order valence-corrected chi connectivity index (χ2v) is 12.1. The van der Waals surface area contributed by atoms with Gasteiger partial charge in [0, 0.05) is 23.7 Å². The molecule has 3 rings (SSSR count). The first kappa shape index (κ1) is 31.8. The van der Waals surface area contributed by atoms with E-state index in [0.717, 1.165) is 15.4 Å². The number of nitrogens with zero attached hydrogens (tertiary/aromatic N) is 2. The molecule has 2 amide bonds. The van der Waals surface area contributed by atoms with Crippen LogP contribution in [-0.4, -0.2) is 58.0 Å². The van der Waals surface area contributed by atoms with Crippen molar-refractivity contribution in [3.05, 3.63) is 82.9 Å². The third kappa shape index (κ3) is 7.71. The highest BCUT2D eigenvalue weighted by molar-refractivity contribution is 7.92. The number of anilines is 1. The molecule has 41 heavy (non-hydrogen) atoms. The quantitative estimate of drug-likeness (QED) is 0.320. The molecule has 0 unspecified atom stereocenters. The molecule has 0 aliphatic rings. The molecule has 0 aromatic heterocycles. The zero-order valence-electron chi connectivity index (χ0n) is 24.0. The Bertz CT molecular complexity index is 1480. The Labute approximate surface area is 247 Å². The smallest absolute Gasteiger partial charge is 0.264 e. The van der Waals surface area contributed by atoms with Crippen LogP contribution in [0.15, 0.2) is 71.6 Å². The fourth-order valence-corrected chi connectivity index (χ4v) is 5.76. The van der Waals surface area contributed by atoms with E-state index in [1.807, 2.05) is 45.0 Å². The summed E-state index contributed by atoms with van der Waals surface area (Å²) in [6.07, 6.45) is 0. The van der Waals surface area contributed by atoms with Crippen molar-refractivity contribution in [2.45, 2.75) is 51.2 Å². The van der Waals surface area contributed by atoms with Crippen LogP contribution in [0.1, 0.15) is 31.9 Å². The standard InChI is InChI=1S/C30H36ClN3O6S/c1-20(2)32-30(36)22(4)33(18-23-10-8-7-9-21(23)3)29(35)19-34(25-13-11-24(31)12-14-25)41(37,38)26-15-16-27(39-5)28(17-26)40-6/h7-17,20,22H,18-19H2,1-6H3,(H,32,36)/t22-/m0/s1. The number of sulfonamides is 1. The SMILES string of the molecule is COc1ccc(S(=O)(=O)N(CC(=O)N(Cc2ccccc2C)[C@@H](C)C(=O)NC(C)C)c2ccc(Cl)cc2)cc1OC. The third-order valence-electron chi connectivity index (χ3n) is 6.54. The Hall–Kier alpha value is -3.76. The maximum Gasteiger partial charge on any atom is 0.264 e. The number of hydrogen-bond acceptors (Lipinski definition) is 6. The molecule has 3 aromatic rings. The van der Waals surface area contributed by atoms with Gasteiger partial charge in [0.2, 0.25) is 11.8 Å². The van der Waals surface area contributed by atoms with Crippen LogP contribution in [0.25, 0.3) is 0 Å². The topological polar surface area (TPSA) is 105 Å². The normalized spacial score (nSPS) is 12.0. The molecule has 0 aliphatic heterocycles. The molecule has 0 aliphatic carbocycles. The van der Waals surface area contributed by atoms with Crippen LogP contribution in [0.3, 0.4) is 0 Å². The van der Waals surface area contributed by atoms with Crippen molar-refractivity contribution < 1.29 is 27.5 Å². The van der Waals surface area contributed by atoms with E-state index in [0.29, 0.717) is 10.8 Å². The van der Waals surface area contributed by atoms with E-state index in [4.69, 9.17) is 21.1 Å². The molecule has 0 fully saturated rings. The molecule has 1 N–H and O–H groups in total. The number of aryl methyl sites for hydroxylation is 1. The lowest BCUT2D eigenvalue weighted by Crippen LogP contribution is -2.52. The zero-order valence-corrected chi connectivity index (χ0v) is 25.6. The molecule has 11 heteroatoms. The van der Waals surface area contributed by atoms with Crippen molar-refractivity contribution >= 4 is 39.1 Å². The number of benzene rings is 3. The van der Waals surface area contributed by atoms with Gasteiger partial charge < -0.3 is 19.7 Å². The Morgan fingerprint density at radius 2 is 1.56 bits per heavy atom. The van der Waals surface area contributed by atoms with Crippen LogP contribution < -0.4 is 19.1 Å². The van der Waals surface area contributed by atoms with Gasteiger partial charge in [-0.25, -0.2) is 8.42 Å². The van der Waals surface area contributed by atoms with Gasteiger partial charge in [0.05, 0.1) is 24.8 Å². The molecule has 0 bridgehead atoms. The van der Waals surface area contributed by atoms with Gasteiger partial charge in [-0.2, -0.15) is 0 Å². The van der Waals surface area contributed by atoms with E-state index < -0.39 is 28.5 Å². The van der Waals surface area contributed by atoms with Gasteiger partial charge in [-0.15, -0.1) is 0 Å². The summed E-state index contributed by atoms with van der Waals surface area (Å²) in [6, 6.07) is 16.8. The van der Waals surface area contributed by atoms with E-state index >= 15 is 0 Å². The molecule has 0 saturated heterocycles. The summed E-state index contributed by atoms with van der Waals surface area (Å²) in [5, 5.41) is 3.25. The van der Waals surface area contributed by atoms with Gasteiger partial charge in [-0.3, -0.25) is 13.9 Å². The van der Waals surface area contributed by atoms with Gasteiger partial charge >= 0.3 is 0 Å². The summed E-state index contributed by atoms with van der Waals surface area (Å²) in [5.41, 5.74) is 2.01. The molecule has 220 valence electrons. The molecular weight excluding hydrogens is 566 g/mol. The highest BCUT2D eigenvalue weighted by atomic mass is 35.5. The number of carbonyl (C=O) groups excluding carboxylic acids is 2. The predicted octanol–water partition coefficient (Wildman–Crippen LogP) is 4.80. The summed E-state index contributed by atoms with van der Waals surface area (Å²) >= 11 is 6.08. The van der Waals surface area contributed by atoms with E-state index in [9.17, 15) is 18.0 Å². The van der Waals surface area contributed by atoms with Gasteiger partial charge in [-0.1, -0.05) is 35.9 Å². The highest BCUT2D eigenvalue weighted by Crippen LogP contribution is 2.32. The number of amides is 2. The van der Waals surface area contributed by atoms with Crippen molar-refractivity contribution in [2.24, 2.45) is 0 Å². The van der Waals surface area contributed by atoms with E-state index in [2.05, 4.69) is 5.32 Å². The highest BCUT2D eigenvalue weighted by Gasteiger charge is 2.33. The Kier molecular flexibility index (Phi) is 10.6. The summed E-state index contributed by atoms with van der Waals surface area (Å²) in [7, 11) is -1.44. The second kappa shape index (κ2) is 13.7. The minimum Gasteiger partial charge on any atom is -0.493 e. The first-order valence-corrected chi connectivity index (χ1v) is 14.9. The third-order valence-corrected chi connectivity index (χ3v) is 8.56. The van der Waals surface area contributed by atoms with Crippen LogP contribution in [0.4, 0.5) is 5.69 Å². The van der Waals surface area contributed by atoms with Crippen molar-refractivity contribution in [3.63, 3.8) is 0 Å². The first-order chi connectivity index (χ1) is 19.4. The van der Waals surface area contributed by atoms with Crippen molar-refractivity contribution in [3.8, 4) is 11.5 Å². The van der Waals surface area contributed by atoms with E-state index in [1.54, 1.807) is 19.1 Å². The molecule has 0 saturated carbocycles. The maximum absolute atomic E-state index is 14.1. The van der Waals surface area contributed by atoms with Gasteiger partial charge in [-0.05, 0) is 75.2 Å². The van der Waals surface area contributed by atoms with Crippen LogP contribution in [0, 0.1) is 6.92 Å². The van der Waals surface area contributed by atoms with E-state index in [-0.39, 0.29) is 34.8 Å². The van der Waals surface area contributed by atoms with Gasteiger partial charge in [0.15, 0.2) is 11.5 Å². The van der Waals surface area contributed by atoms with Gasteiger partial charge in [0.25, 0.3) is 10.0 Å². The van der Waals surface area contributed by atoms with Crippen LogP contribution in [0.5, 0.6) is 11.5 Å². The van der Waals surface area contributed by atoms with Crippen molar-refractivity contribution in [1.82, 2.24) is 10.2 Å². The lowest BCUT2D eigenvalue weighted by molar-refractivity contribution is -0.139. The minimum atomic E-state index is -4.29. The average Bonchev–Trinajstić information content (AvgIpc) is 2.94. The molecule has 9 nitrogen and oxygen atoms in total. The van der Waals surface area contributed by atoms with Gasteiger partial charge in [0.1, 0.15) is 12.6 Å². The molecule has 1 atom stereocenters. The number of rotatable bonds is 12. The molecule has 0 radical (unpaired) electrons. The summed E-state index contributed by atoms with van der Waals surface area (Å²) in [4.78, 5) is 28.3. The fraction of sp³-hybridized carbons (Fsp3) is 0.333. The number of carbonyl (C=O) groups is 2.